The van der Waals surface area contributed by atoms with Crippen LogP contribution in [-0.4, -0.2) is 28.8 Å². The molecule has 0 radical (unpaired) electrons. The van der Waals surface area contributed by atoms with Crippen LogP contribution in [0.3, 0.4) is 0 Å². The molecule has 156 valence electrons. The summed E-state index contributed by atoms with van der Waals surface area (Å²) < 4.78 is 5.21. The summed E-state index contributed by atoms with van der Waals surface area (Å²) in [5, 5.41) is 3.68. The second-order valence-corrected chi connectivity index (χ2v) is 7.52. The second-order valence-electron chi connectivity index (χ2n) is 7.08. The van der Waals surface area contributed by atoms with Crippen LogP contribution in [0, 0.1) is 6.92 Å². The van der Waals surface area contributed by atoms with Gasteiger partial charge < -0.3 is 10.1 Å². The van der Waals surface area contributed by atoms with Gasteiger partial charge in [-0.25, -0.2) is 0 Å². The molecule has 0 aliphatic carbocycles. The Balaban J connectivity index is 1.77. The van der Waals surface area contributed by atoms with Crippen molar-refractivity contribution in [3.8, 4) is 5.75 Å². The molecular formula is C24H20ClN3O3. The number of carbonyl (C=O) groups excluding carboxylic acids is 2. The number of benzene rings is 2. The number of aryl methyl sites for hydroxylation is 1. The van der Waals surface area contributed by atoms with Crippen molar-refractivity contribution in [2.24, 2.45) is 0 Å². The highest BCUT2D eigenvalue weighted by molar-refractivity contribution is 6.36. The zero-order valence-corrected chi connectivity index (χ0v) is 17.8. The number of carbonyl (C=O) groups is 2. The molecule has 0 bridgehead atoms. The Morgan fingerprint density at radius 2 is 1.81 bits per heavy atom. The highest BCUT2D eigenvalue weighted by atomic mass is 35.5. The molecule has 1 aliphatic heterocycles. The molecule has 2 aromatic carbocycles. The molecule has 1 aromatic heterocycles. The van der Waals surface area contributed by atoms with Gasteiger partial charge in [0.2, 0.25) is 0 Å². The molecule has 1 N–H and O–H groups in total. The lowest BCUT2D eigenvalue weighted by Crippen LogP contribution is -2.32. The van der Waals surface area contributed by atoms with Crippen LogP contribution in [0.25, 0.3) is 5.57 Å². The average molecular weight is 434 g/mol. The first kappa shape index (κ1) is 20.6. The van der Waals surface area contributed by atoms with Crippen LogP contribution in [0.2, 0.25) is 5.02 Å². The number of aromatic nitrogens is 1. The van der Waals surface area contributed by atoms with E-state index < -0.39 is 5.91 Å². The van der Waals surface area contributed by atoms with E-state index in [0.717, 1.165) is 5.56 Å². The Hall–Kier alpha value is -3.64. The van der Waals surface area contributed by atoms with Gasteiger partial charge in [0, 0.05) is 16.9 Å². The van der Waals surface area contributed by atoms with Gasteiger partial charge in [0.1, 0.15) is 11.4 Å². The van der Waals surface area contributed by atoms with E-state index in [1.165, 1.54) is 4.90 Å². The van der Waals surface area contributed by atoms with Crippen LogP contribution in [-0.2, 0) is 16.1 Å². The minimum atomic E-state index is -0.416. The molecule has 2 heterocycles. The lowest BCUT2D eigenvalue weighted by molar-refractivity contribution is -0.137. The van der Waals surface area contributed by atoms with Crippen LogP contribution in [0.5, 0.6) is 5.75 Å². The van der Waals surface area contributed by atoms with E-state index in [0.29, 0.717) is 33.3 Å². The van der Waals surface area contributed by atoms with E-state index in [-0.39, 0.29) is 18.1 Å². The second kappa shape index (κ2) is 8.62. The van der Waals surface area contributed by atoms with E-state index in [4.69, 9.17) is 16.3 Å². The van der Waals surface area contributed by atoms with E-state index in [9.17, 15) is 9.59 Å². The van der Waals surface area contributed by atoms with E-state index in [1.807, 2.05) is 19.1 Å². The van der Waals surface area contributed by atoms with Gasteiger partial charge in [-0.3, -0.25) is 19.5 Å². The van der Waals surface area contributed by atoms with Gasteiger partial charge in [0.05, 0.1) is 24.9 Å². The molecule has 31 heavy (non-hydrogen) atoms. The zero-order chi connectivity index (χ0) is 22.0. The normalized spacial score (nSPS) is 13.7. The summed E-state index contributed by atoms with van der Waals surface area (Å²) >= 11 is 6.15. The Bertz CT molecular complexity index is 1170. The fourth-order valence-corrected chi connectivity index (χ4v) is 3.55. The maximum Gasteiger partial charge on any atom is 0.278 e. The van der Waals surface area contributed by atoms with Crippen molar-refractivity contribution >= 4 is 34.7 Å². The number of methoxy groups -OCH3 is 1. The zero-order valence-electron chi connectivity index (χ0n) is 17.1. The number of nitrogens with zero attached hydrogens (tertiary/aromatic N) is 2. The number of ether oxygens (including phenoxy) is 1. The summed E-state index contributed by atoms with van der Waals surface area (Å²) in [7, 11) is 1.57. The standard InChI is InChI=1S/C24H20ClN3O3/c1-15-6-9-17(25)13-20(15)27-22-21(16-7-10-19(31-2)11-8-16)23(29)28(24(22)30)14-18-5-3-4-12-26-18/h3-13,27H,14H2,1-2H3. The third-order valence-corrected chi connectivity index (χ3v) is 5.29. The monoisotopic (exact) mass is 433 g/mol. The summed E-state index contributed by atoms with van der Waals surface area (Å²) in [6, 6.07) is 17.8. The fourth-order valence-electron chi connectivity index (χ4n) is 3.38. The highest BCUT2D eigenvalue weighted by Gasteiger charge is 2.39. The minimum absolute atomic E-state index is 0.0812. The van der Waals surface area contributed by atoms with Gasteiger partial charge in [-0.2, -0.15) is 0 Å². The Labute approximate surface area is 185 Å². The molecule has 0 spiro atoms. The third kappa shape index (κ3) is 4.15. The maximum absolute atomic E-state index is 13.3. The molecule has 1 aliphatic rings. The van der Waals surface area contributed by atoms with E-state index in [1.54, 1.807) is 61.8 Å². The van der Waals surface area contributed by atoms with Crippen LogP contribution in [0.15, 0.2) is 72.6 Å². The number of rotatable bonds is 6. The Morgan fingerprint density at radius 1 is 1.03 bits per heavy atom. The van der Waals surface area contributed by atoms with Crippen molar-refractivity contribution in [1.82, 2.24) is 9.88 Å². The molecule has 6 nitrogen and oxygen atoms in total. The molecule has 0 unspecified atom stereocenters. The number of hydrogen-bond donors (Lipinski definition) is 1. The lowest BCUT2D eigenvalue weighted by atomic mass is 10.0. The molecule has 0 atom stereocenters. The largest absolute Gasteiger partial charge is 0.497 e. The van der Waals surface area contributed by atoms with Crippen LogP contribution in [0.4, 0.5) is 5.69 Å². The Morgan fingerprint density at radius 3 is 2.48 bits per heavy atom. The number of pyridine rings is 1. The third-order valence-electron chi connectivity index (χ3n) is 5.05. The predicted octanol–water partition coefficient (Wildman–Crippen LogP) is 4.44. The number of imide groups is 1. The van der Waals surface area contributed by atoms with Crippen molar-refractivity contribution in [1.29, 1.82) is 0 Å². The van der Waals surface area contributed by atoms with Crippen molar-refractivity contribution < 1.29 is 14.3 Å². The summed E-state index contributed by atoms with van der Waals surface area (Å²) in [5.74, 6) is -0.143. The van der Waals surface area contributed by atoms with Gasteiger partial charge in [-0.05, 0) is 54.4 Å². The summed E-state index contributed by atoms with van der Waals surface area (Å²) in [5.41, 5.74) is 3.30. The van der Waals surface area contributed by atoms with Crippen LogP contribution < -0.4 is 10.1 Å². The maximum atomic E-state index is 13.3. The number of halogens is 1. The van der Waals surface area contributed by atoms with Gasteiger partial charge >= 0.3 is 0 Å². The number of nitrogens with one attached hydrogen (secondary N) is 1. The lowest BCUT2D eigenvalue weighted by Gasteiger charge is -2.15. The minimum Gasteiger partial charge on any atom is -0.497 e. The molecule has 0 saturated carbocycles. The summed E-state index contributed by atoms with van der Waals surface area (Å²) in [4.78, 5) is 32.1. The smallest absolute Gasteiger partial charge is 0.278 e. The molecule has 3 aromatic rings. The van der Waals surface area contributed by atoms with Crippen molar-refractivity contribution in [2.45, 2.75) is 13.5 Å². The predicted molar refractivity (Wildman–Crippen MR) is 120 cm³/mol. The highest BCUT2D eigenvalue weighted by Crippen LogP contribution is 2.33. The molecule has 7 heteroatoms. The van der Waals surface area contributed by atoms with Crippen molar-refractivity contribution in [3.05, 3.63) is 94.4 Å². The molecule has 0 saturated heterocycles. The topological polar surface area (TPSA) is 71.5 Å². The fraction of sp³-hybridized carbons (Fsp3) is 0.125. The van der Waals surface area contributed by atoms with E-state index in [2.05, 4.69) is 10.3 Å². The van der Waals surface area contributed by atoms with Gasteiger partial charge in [-0.1, -0.05) is 35.9 Å². The van der Waals surface area contributed by atoms with Crippen molar-refractivity contribution in [2.75, 3.05) is 12.4 Å². The number of anilines is 1. The van der Waals surface area contributed by atoms with Crippen LogP contribution >= 0.6 is 11.6 Å². The van der Waals surface area contributed by atoms with Gasteiger partial charge in [0.25, 0.3) is 11.8 Å². The number of amides is 2. The molecule has 0 fully saturated rings. The molecule has 4 rings (SSSR count). The number of hydrogen-bond acceptors (Lipinski definition) is 5. The molecule has 2 amide bonds. The van der Waals surface area contributed by atoms with Crippen molar-refractivity contribution in [3.63, 3.8) is 0 Å². The Kier molecular flexibility index (Phi) is 5.73. The van der Waals surface area contributed by atoms with Crippen LogP contribution in [0.1, 0.15) is 16.8 Å². The molecular weight excluding hydrogens is 414 g/mol. The first-order valence-electron chi connectivity index (χ1n) is 9.66. The average Bonchev–Trinajstić information content (AvgIpc) is 3.01. The van der Waals surface area contributed by atoms with Gasteiger partial charge in [-0.15, -0.1) is 0 Å². The van der Waals surface area contributed by atoms with Gasteiger partial charge in [0.15, 0.2) is 0 Å². The van der Waals surface area contributed by atoms with E-state index >= 15 is 0 Å². The first-order valence-corrected chi connectivity index (χ1v) is 10.0. The summed E-state index contributed by atoms with van der Waals surface area (Å²) in [6.07, 6.45) is 1.63. The first-order chi connectivity index (χ1) is 15.0. The SMILES string of the molecule is COc1ccc(C2=C(Nc3cc(Cl)ccc3C)C(=O)N(Cc3ccccn3)C2=O)cc1. The summed E-state index contributed by atoms with van der Waals surface area (Å²) in [6.45, 7) is 1.98. The quantitative estimate of drug-likeness (QED) is 0.582.